The van der Waals surface area contributed by atoms with Crippen LogP contribution in [0.25, 0.3) is 0 Å². The molecule has 1 N–H and O–H groups in total. The van der Waals surface area contributed by atoms with E-state index >= 15 is 0 Å². The molecule has 0 aliphatic carbocycles. The average Bonchev–Trinajstić information content (AvgIpc) is 2.55. The smallest absolute Gasteiger partial charge is 0.221 e. The Morgan fingerprint density at radius 3 is 2.94 bits per heavy atom. The van der Waals surface area contributed by atoms with Gasteiger partial charge in [-0.15, -0.1) is 0 Å². The van der Waals surface area contributed by atoms with Gasteiger partial charge in [0.25, 0.3) is 0 Å². The molecule has 1 heterocycles. The van der Waals surface area contributed by atoms with Gasteiger partial charge in [-0.1, -0.05) is 26.0 Å². The Hall–Kier alpha value is -1.38. The summed E-state index contributed by atoms with van der Waals surface area (Å²) < 4.78 is 13.2. The standard InChI is InChI=1S/C13H16FNO/c1-3-11-13(2,8-12(16)15-11)9-5-4-6-10(14)7-9/h4-7,11H,3,8H2,1-2H3,(H,15,16). The Bertz CT molecular complexity index is 418. The summed E-state index contributed by atoms with van der Waals surface area (Å²) in [6.07, 6.45) is 1.30. The molecule has 1 aliphatic rings. The van der Waals surface area contributed by atoms with Gasteiger partial charge in [0.05, 0.1) is 0 Å². The predicted octanol–water partition coefficient (Wildman–Crippen LogP) is 2.38. The summed E-state index contributed by atoms with van der Waals surface area (Å²) in [4.78, 5) is 11.5. The molecule has 2 nitrogen and oxygen atoms in total. The van der Waals surface area contributed by atoms with Crippen LogP contribution in [0.15, 0.2) is 24.3 Å². The van der Waals surface area contributed by atoms with E-state index in [1.807, 2.05) is 19.9 Å². The van der Waals surface area contributed by atoms with Crippen LogP contribution in [-0.4, -0.2) is 11.9 Å². The lowest BCUT2D eigenvalue weighted by Crippen LogP contribution is -2.37. The maximum atomic E-state index is 13.2. The molecule has 2 unspecified atom stereocenters. The van der Waals surface area contributed by atoms with Gasteiger partial charge in [-0.25, -0.2) is 4.39 Å². The monoisotopic (exact) mass is 221 g/mol. The number of amides is 1. The third-order valence-electron chi connectivity index (χ3n) is 3.52. The fourth-order valence-corrected chi connectivity index (χ4v) is 2.56. The molecule has 16 heavy (non-hydrogen) atoms. The second kappa shape index (κ2) is 3.89. The molecule has 3 heteroatoms. The number of hydrogen-bond acceptors (Lipinski definition) is 1. The molecule has 0 spiro atoms. The molecule has 2 atom stereocenters. The van der Waals surface area contributed by atoms with Gasteiger partial charge in [0.2, 0.25) is 5.91 Å². The molecular weight excluding hydrogens is 205 g/mol. The second-order valence-electron chi connectivity index (χ2n) is 4.63. The lowest BCUT2D eigenvalue weighted by molar-refractivity contribution is -0.119. The predicted molar refractivity (Wildman–Crippen MR) is 60.6 cm³/mol. The Labute approximate surface area is 94.9 Å². The first kappa shape index (κ1) is 11.1. The molecule has 1 aromatic rings. The zero-order chi connectivity index (χ0) is 11.8. The van der Waals surface area contributed by atoms with Gasteiger partial charge in [-0.3, -0.25) is 4.79 Å². The zero-order valence-electron chi connectivity index (χ0n) is 9.59. The SMILES string of the molecule is CCC1NC(=O)CC1(C)c1cccc(F)c1. The van der Waals surface area contributed by atoms with Gasteiger partial charge in [0, 0.05) is 17.9 Å². The van der Waals surface area contributed by atoms with Crippen LogP contribution >= 0.6 is 0 Å². The number of benzene rings is 1. The first-order valence-corrected chi connectivity index (χ1v) is 5.61. The van der Waals surface area contributed by atoms with Crippen molar-refractivity contribution in [3.63, 3.8) is 0 Å². The highest BCUT2D eigenvalue weighted by atomic mass is 19.1. The van der Waals surface area contributed by atoms with E-state index in [0.29, 0.717) is 6.42 Å². The van der Waals surface area contributed by atoms with E-state index < -0.39 is 0 Å². The van der Waals surface area contributed by atoms with Crippen LogP contribution in [-0.2, 0) is 10.2 Å². The number of halogens is 1. The van der Waals surface area contributed by atoms with Gasteiger partial charge < -0.3 is 5.32 Å². The first-order valence-electron chi connectivity index (χ1n) is 5.61. The molecular formula is C13H16FNO. The quantitative estimate of drug-likeness (QED) is 0.816. The summed E-state index contributed by atoms with van der Waals surface area (Å²) in [6, 6.07) is 6.65. The third-order valence-corrected chi connectivity index (χ3v) is 3.52. The maximum absolute atomic E-state index is 13.2. The normalized spacial score (nSPS) is 29.2. The fraction of sp³-hybridized carbons (Fsp3) is 0.462. The highest BCUT2D eigenvalue weighted by Gasteiger charge is 2.43. The van der Waals surface area contributed by atoms with Crippen molar-refractivity contribution in [3.8, 4) is 0 Å². The molecule has 1 amide bonds. The van der Waals surface area contributed by atoms with Crippen LogP contribution in [0.4, 0.5) is 4.39 Å². The lowest BCUT2D eigenvalue weighted by atomic mass is 9.75. The molecule has 1 saturated heterocycles. The summed E-state index contributed by atoms with van der Waals surface area (Å²) in [5.74, 6) is -0.188. The average molecular weight is 221 g/mol. The number of rotatable bonds is 2. The molecule has 0 aromatic heterocycles. The minimum Gasteiger partial charge on any atom is -0.352 e. The van der Waals surface area contributed by atoms with Crippen LogP contribution in [0.1, 0.15) is 32.3 Å². The molecule has 1 aliphatic heterocycles. The van der Waals surface area contributed by atoms with Crippen molar-refractivity contribution in [3.05, 3.63) is 35.6 Å². The molecule has 0 saturated carbocycles. The van der Waals surface area contributed by atoms with Crippen molar-refractivity contribution in [2.45, 2.75) is 38.1 Å². The summed E-state index contributed by atoms with van der Waals surface area (Å²) in [5.41, 5.74) is 0.617. The number of hydrogen-bond donors (Lipinski definition) is 1. The van der Waals surface area contributed by atoms with E-state index in [2.05, 4.69) is 5.32 Å². The van der Waals surface area contributed by atoms with Crippen LogP contribution in [0.5, 0.6) is 0 Å². The Kier molecular flexibility index (Phi) is 2.70. The van der Waals surface area contributed by atoms with Gasteiger partial charge in [0.15, 0.2) is 0 Å². The number of carbonyl (C=O) groups is 1. The Morgan fingerprint density at radius 2 is 2.31 bits per heavy atom. The van der Waals surface area contributed by atoms with E-state index in [9.17, 15) is 9.18 Å². The van der Waals surface area contributed by atoms with Gasteiger partial charge in [-0.05, 0) is 24.1 Å². The molecule has 1 fully saturated rings. The van der Waals surface area contributed by atoms with Gasteiger partial charge in [-0.2, -0.15) is 0 Å². The van der Waals surface area contributed by atoms with Gasteiger partial charge in [0.1, 0.15) is 5.82 Å². The van der Waals surface area contributed by atoms with E-state index in [0.717, 1.165) is 12.0 Å². The summed E-state index contributed by atoms with van der Waals surface area (Å²) >= 11 is 0. The largest absolute Gasteiger partial charge is 0.352 e. The lowest BCUT2D eigenvalue weighted by Gasteiger charge is -2.30. The second-order valence-corrected chi connectivity index (χ2v) is 4.63. The van der Waals surface area contributed by atoms with E-state index in [4.69, 9.17) is 0 Å². The molecule has 0 bridgehead atoms. The van der Waals surface area contributed by atoms with E-state index in [1.165, 1.54) is 12.1 Å². The summed E-state index contributed by atoms with van der Waals surface area (Å²) in [7, 11) is 0. The highest BCUT2D eigenvalue weighted by molar-refractivity contribution is 5.81. The molecule has 2 rings (SSSR count). The topological polar surface area (TPSA) is 29.1 Å². The summed E-state index contributed by atoms with van der Waals surface area (Å²) in [5, 5.41) is 2.95. The number of carbonyl (C=O) groups excluding carboxylic acids is 1. The van der Waals surface area contributed by atoms with Crippen molar-refractivity contribution in [1.29, 1.82) is 0 Å². The van der Waals surface area contributed by atoms with Crippen molar-refractivity contribution < 1.29 is 9.18 Å². The van der Waals surface area contributed by atoms with Crippen LogP contribution in [0, 0.1) is 5.82 Å². The van der Waals surface area contributed by atoms with Crippen LogP contribution in [0.2, 0.25) is 0 Å². The van der Waals surface area contributed by atoms with E-state index in [1.54, 1.807) is 6.07 Å². The maximum Gasteiger partial charge on any atom is 0.221 e. The molecule has 0 radical (unpaired) electrons. The van der Waals surface area contributed by atoms with Crippen LogP contribution in [0.3, 0.4) is 0 Å². The van der Waals surface area contributed by atoms with Crippen LogP contribution < -0.4 is 5.32 Å². The van der Waals surface area contributed by atoms with Crippen molar-refractivity contribution in [2.75, 3.05) is 0 Å². The minimum atomic E-state index is -0.284. The van der Waals surface area contributed by atoms with E-state index in [-0.39, 0.29) is 23.2 Å². The Morgan fingerprint density at radius 1 is 1.56 bits per heavy atom. The first-order chi connectivity index (χ1) is 7.56. The highest BCUT2D eigenvalue weighted by Crippen LogP contribution is 2.37. The van der Waals surface area contributed by atoms with Crippen molar-refractivity contribution >= 4 is 5.91 Å². The zero-order valence-corrected chi connectivity index (χ0v) is 9.59. The third kappa shape index (κ3) is 1.70. The minimum absolute atomic E-state index is 0.0543. The molecule has 1 aromatic carbocycles. The number of nitrogens with one attached hydrogen (secondary N) is 1. The van der Waals surface area contributed by atoms with Crippen molar-refractivity contribution in [1.82, 2.24) is 5.32 Å². The Balaban J connectivity index is 2.41. The summed E-state index contributed by atoms with van der Waals surface area (Å²) in [6.45, 7) is 4.06. The fourth-order valence-electron chi connectivity index (χ4n) is 2.56. The molecule has 86 valence electrons. The van der Waals surface area contributed by atoms with Crippen molar-refractivity contribution in [2.24, 2.45) is 0 Å². The van der Waals surface area contributed by atoms with Gasteiger partial charge >= 0.3 is 0 Å².